The fourth-order valence-electron chi connectivity index (χ4n) is 4.92. The molecule has 4 rings (SSSR count). The molecule has 1 aliphatic carbocycles. The molecule has 0 bridgehead atoms. The molecule has 1 N–H and O–H groups in total. The van der Waals surface area contributed by atoms with Crippen LogP contribution in [0, 0.1) is 5.41 Å². The minimum atomic E-state index is -1.83. The average molecular weight is 406 g/mol. The Labute approximate surface area is 173 Å². The van der Waals surface area contributed by atoms with E-state index in [1.165, 1.54) is 14.1 Å². The topological polar surface area (TPSA) is 95.0 Å². The molecule has 1 saturated heterocycles. The Morgan fingerprint density at radius 3 is 1.77 bits per heavy atom. The molecule has 3 atom stereocenters. The zero-order valence-corrected chi connectivity index (χ0v) is 16.7. The van der Waals surface area contributed by atoms with Gasteiger partial charge in [-0.2, -0.15) is 0 Å². The fourth-order valence-corrected chi connectivity index (χ4v) is 4.92. The van der Waals surface area contributed by atoms with Gasteiger partial charge < -0.3 is 5.11 Å². The number of aliphatic hydroxyl groups excluding tert-OH is 1. The van der Waals surface area contributed by atoms with Crippen LogP contribution in [0.25, 0.3) is 0 Å². The molecule has 0 radical (unpaired) electrons. The highest BCUT2D eigenvalue weighted by Crippen LogP contribution is 2.57. The molecule has 2 aromatic carbocycles. The van der Waals surface area contributed by atoms with E-state index >= 15 is 0 Å². The Balaban J connectivity index is 2.05. The van der Waals surface area contributed by atoms with E-state index in [1.807, 2.05) is 0 Å². The third-order valence-corrected chi connectivity index (χ3v) is 6.34. The number of barbiturate groups is 1. The summed E-state index contributed by atoms with van der Waals surface area (Å²) in [7, 11) is 2.64. The van der Waals surface area contributed by atoms with E-state index < -0.39 is 47.0 Å². The molecular weight excluding hydrogens is 384 g/mol. The van der Waals surface area contributed by atoms with E-state index in [0.717, 1.165) is 9.80 Å². The van der Waals surface area contributed by atoms with Gasteiger partial charge in [0.15, 0.2) is 5.78 Å². The van der Waals surface area contributed by atoms with Crippen LogP contribution in [0.15, 0.2) is 60.7 Å². The lowest BCUT2D eigenvalue weighted by Gasteiger charge is -2.53. The molecule has 0 unspecified atom stereocenters. The SMILES string of the molecule is CN1C(=O)N(C)C(=O)C2(C1=O)[C@@H](c1ccccc1)CC(=O)[C@H](O)[C@H]2c1ccccc1. The summed E-state index contributed by atoms with van der Waals surface area (Å²) in [5.41, 5.74) is -0.693. The summed E-state index contributed by atoms with van der Waals surface area (Å²) < 4.78 is 0. The van der Waals surface area contributed by atoms with Crippen molar-refractivity contribution in [1.29, 1.82) is 0 Å². The van der Waals surface area contributed by atoms with Crippen molar-refractivity contribution in [1.82, 2.24) is 9.80 Å². The van der Waals surface area contributed by atoms with Crippen molar-refractivity contribution < 1.29 is 24.3 Å². The van der Waals surface area contributed by atoms with Gasteiger partial charge in [0.1, 0.15) is 11.5 Å². The number of amides is 4. The van der Waals surface area contributed by atoms with Gasteiger partial charge in [-0.1, -0.05) is 60.7 Å². The molecule has 1 heterocycles. The number of Topliss-reactive ketones (excluding diaryl/α,β-unsaturated/α-hetero) is 1. The number of hydrogen-bond acceptors (Lipinski definition) is 5. The maximum absolute atomic E-state index is 13.7. The molecular formula is C23H22N2O5. The second kappa shape index (κ2) is 7.18. The van der Waals surface area contributed by atoms with Gasteiger partial charge in [-0.05, 0) is 11.1 Å². The zero-order valence-electron chi connectivity index (χ0n) is 16.7. The second-order valence-electron chi connectivity index (χ2n) is 7.85. The molecule has 1 saturated carbocycles. The van der Waals surface area contributed by atoms with Crippen LogP contribution < -0.4 is 0 Å². The number of carbonyl (C=O) groups excluding carboxylic acids is 4. The van der Waals surface area contributed by atoms with Crippen molar-refractivity contribution in [2.45, 2.75) is 24.4 Å². The van der Waals surface area contributed by atoms with Crippen LogP contribution in [0.3, 0.4) is 0 Å². The third kappa shape index (κ3) is 2.62. The minimum Gasteiger partial charge on any atom is -0.385 e. The predicted octanol–water partition coefficient (Wildman–Crippen LogP) is 1.92. The van der Waals surface area contributed by atoms with E-state index in [0.29, 0.717) is 11.1 Å². The summed E-state index contributed by atoms with van der Waals surface area (Å²) in [6.45, 7) is 0. The summed E-state index contributed by atoms with van der Waals surface area (Å²) >= 11 is 0. The number of ketones is 1. The Kier molecular flexibility index (Phi) is 4.78. The summed E-state index contributed by atoms with van der Waals surface area (Å²) in [6, 6.07) is 16.7. The van der Waals surface area contributed by atoms with Crippen LogP contribution in [0.1, 0.15) is 29.4 Å². The normalized spacial score (nSPS) is 26.4. The molecule has 4 amide bonds. The van der Waals surface area contributed by atoms with Gasteiger partial charge in [0, 0.05) is 32.4 Å². The van der Waals surface area contributed by atoms with Crippen LogP contribution in [0.2, 0.25) is 0 Å². The Morgan fingerprint density at radius 1 is 0.800 bits per heavy atom. The molecule has 0 aromatic heterocycles. The van der Waals surface area contributed by atoms with E-state index in [-0.39, 0.29) is 6.42 Å². The first-order chi connectivity index (χ1) is 14.3. The van der Waals surface area contributed by atoms with Crippen molar-refractivity contribution in [3.8, 4) is 0 Å². The molecule has 2 aromatic rings. The summed E-state index contributed by atoms with van der Waals surface area (Å²) in [6.07, 6.45) is -1.72. The minimum absolute atomic E-state index is 0.179. The highest BCUT2D eigenvalue weighted by atomic mass is 16.3. The smallest absolute Gasteiger partial charge is 0.332 e. The quantitative estimate of drug-likeness (QED) is 0.769. The van der Waals surface area contributed by atoms with Crippen molar-refractivity contribution in [3.63, 3.8) is 0 Å². The highest BCUT2D eigenvalue weighted by molar-refractivity contribution is 6.21. The number of carbonyl (C=O) groups is 4. The van der Waals surface area contributed by atoms with Crippen LogP contribution in [0.5, 0.6) is 0 Å². The summed E-state index contributed by atoms with van der Waals surface area (Å²) in [5.74, 6) is -3.79. The number of aliphatic hydroxyl groups is 1. The first-order valence-electron chi connectivity index (χ1n) is 9.72. The van der Waals surface area contributed by atoms with Crippen molar-refractivity contribution >= 4 is 23.6 Å². The monoisotopic (exact) mass is 406 g/mol. The standard InChI is InChI=1S/C23H22N2O5/c1-24-20(28)23(21(29)25(2)22(24)30)16(14-9-5-3-6-10-14)13-17(26)19(27)18(23)15-11-7-4-8-12-15/h3-12,16,18-19,27H,13H2,1-2H3/t16-,18-,19+/m1/s1. The second-order valence-corrected chi connectivity index (χ2v) is 7.85. The number of rotatable bonds is 2. The van der Waals surface area contributed by atoms with E-state index in [2.05, 4.69) is 0 Å². The highest BCUT2D eigenvalue weighted by Gasteiger charge is 2.68. The van der Waals surface area contributed by atoms with Crippen molar-refractivity contribution in [2.75, 3.05) is 14.1 Å². The van der Waals surface area contributed by atoms with Gasteiger partial charge in [0.25, 0.3) is 0 Å². The van der Waals surface area contributed by atoms with Gasteiger partial charge in [-0.25, -0.2) is 4.79 Å². The summed E-state index contributed by atoms with van der Waals surface area (Å²) in [4.78, 5) is 54.6. The van der Waals surface area contributed by atoms with Gasteiger partial charge >= 0.3 is 6.03 Å². The Hall–Kier alpha value is -3.32. The molecule has 2 aliphatic rings. The fraction of sp³-hybridized carbons (Fsp3) is 0.304. The van der Waals surface area contributed by atoms with Crippen LogP contribution in [0.4, 0.5) is 4.79 Å². The van der Waals surface area contributed by atoms with Crippen LogP contribution in [-0.2, 0) is 14.4 Å². The molecule has 1 spiro atoms. The molecule has 1 aliphatic heterocycles. The van der Waals surface area contributed by atoms with E-state index in [1.54, 1.807) is 60.7 Å². The lowest BCUT2D eigenvalue weighted by atomic mass is 9.53. The maximum Gasteiger partial charge on any atom is 0.332 e. The van der Waals surface area contributed by atoms with E-state index in [9.17, 15) is 24.3 Å². The number of imide groups is 2. The molecule has 2 fully saturated rings. The van der Waals surface area contributed by atoms with Crippen molar-refractivity contribution in [3.05, 3.63) is 71.8 Å². The van der Waals surface area contributed by atoms with Crippen LogP contribution >= 0.6 is 0 Å². The number of benzene rings is 2. The largest absolute Gasteiger partial charge is 0.385 e. The molecule has 154 valence electrons. The summed E-state index contributed by atoms with van der Waals surface area (Å²) in [5, 5.41) is 11.0. The lowest BCUT2D eigenvalue weighted by molar-refractivity contribution is -0.169. The molecule has 7 nitrogen and oxygen atoms in total. The third-order valence-electron chi connectivity index (χ3n) is 6.34. The predicted molar refractivity (Wildman–Crippen MR) is 107 cm³/mol. The number of urea groups is 1. The first kappa shape index (κ1) is 20.0. The molecule has 7 heteroatoms. The lowest BCUT2D eigenvalue weighted by Crippen LogP contribution is -2.70. The van der Waals surface area contributed by atoms with E-state index in [4.69, 9.17) is 0 Å². The Morgan fingerprint density at radius 2 is 1.27 bits per heavy atom. The Bertz CT molecular complexity index is 996. The first-order valence-corrected chi connectivity index (χ1v) is 9.72. The van der Waals surface area contributed by atoms with Gasteiger partial charge in [-0.3, -0.25) is 24.2 Å². The number of nitrogens with zero attached hydrogens (tertiary/aromatic N) is 2. The number of hydrogen-bond donors (Lipinski definition) is 1. The van der Waals surface area contributed by atoms with Gasteiger partial charge in [-0.15, -0.1) is 0 Å². The molecule has 30 heavy (non-hydrogen) atoms. The zero-order chi connectivity index (χ0) is 21.6. The van der Waals surface area contributed by atoms with Crippen LogP contribution in [-0.4, -0.2) is 58.7 Å². The maximum atomic E-state index is 13.7. The van der Waals surface area contributed by atoms with Crippen molar-refractivity contribution in [2.24, 2.45) is 5.41 Å². The van der Waals surface area contributed by atoms with Gasteiger partial charge in [0.2, 0.25) is 11.8 Å². The van der Waals surface area contributed by atoms with Gasteiger partial charge in [0.05, 0.1) is 0 Å². The average Bonchev–Trinajstić information content (AvgIpc) is 2.78.